The Morgan fingerprint density at radius 3 is 2.31 bits per heavy atom. The Morgan fingerprint density at radius 1 is 0.944 bits per heavy atom. The number of anilines is 2. The van der Waals surface area contributed by atoms with Gasteiger partial charge in [-0.25, -0.2) is 9.78 Å². The number of thioether (sulfide) groups is 1. The number of aromatic carboxylic acids is 1. The van der Waals surface area contributed by atoms with Gasteiger partial charge in [-0.3, -0.25) is 9.59 Å². The number of aromatic nitrogens is 1. The average molecular weight is 538 g/mol. The molecule has 0 fully saturated rings. The van der Waals surface area contributed by atoms with Gasteiger partial charge in [0, 0.05) is 26.5 Å². The first-order valence-electron chi connectivity index (χ1n) is 10.7. The van der Waals surface area contributed by atoms with Crippen LogP contribution in [0.3, 0.4) is 0 Å². The van der Waals surface area contributed by atoms with Gasteiger partial charge in [0.15, 0.2) is 5.13 Å². The minimum atomic E-state index is -1.17. The molecule has 0 radical (unpaired) electrons. The zero-order valence-electron chi connectivity index (χ0n) is 18.9. The maximum Gasteiger partial charge on any atom is 0.336 e. The van der Waals surface area contributed by atoms with Crippen molar-refractivity contribution in [2.24, 2.45) is 0 Å². The number of carbonyl (C=O) groups is 3. The number of nitrogens with zero attached hydrogens (tertiary/aromatic N) is 1. The summed E-state index contributed by atoms with van der Waals surface area (Å²) in [6.07, 6.45) is 0. The topological polar surface area (TPSA) is 108 Å². The molecule has 4 rings (SSSR count). The van der Waals surface area contributed by atoms with E-state index in [2.05, 4.69) is 15.6 Å². The van der Waals surface area contributed by atoms with E-state index in [1.807, 2.05) is 23.6 Å². The van der Waals surface area contributed by atoms with Crippen LogP contribution in [0.5, 0.6) is 0 Å². The van der Waals surface area contributed by atoms with E-state index in [0.29, 0.717) is 21.5 Å². The predicted molar refractivity (Wildman–Crippen MR) is 144 cm³/mol. The van der Waals surface area contributed by atoms with Crippen LogP contribution < -0.4 is 10.6 Å². The Labute approximate surface area is 220 Å². The van der Waals surface area contributed by atoms with Crippen LogP contribution in [0.15, 0.2) is 83.1 Å². The van der Waals surface area contributed by atoms with Crippen molar-refractivity contribution in [3.05, 3.63) is 94.3 Å². The van der Waals surface area contributed by atoms with Gasteiger partial charge in [-0.05, 0) is 49.4 Å². The number of benzene rings is 3. The highest BCUT2D eigenvalue weighted by molar-refractivity contribution is 8.00. The lowest BCUT2D eigenvalue weighted by molar-refractivity contribution is -0.115. The third-order valence-corrected chi connectivity index (χ3v) is 7.28. The summed E-state index contributed by atoms with van der Waals surface area (Å²) in [5.74, 6) is -1.87. The zero-order valence-corrected chi connectivity index (χ0v) is 21.3. The molecule has 0 bridgehead atoms. The molecule has 0 aliphatic rings. The Hall–Kier alpha value is -3.66. The lowest BCUT2D eigenvalue weighted by Gasteiger charge is -2.12. The van der Waals surface area contributed by atoms with Crippen molar-refractivity contribution >= 4 is 63.3 Å². The van der Waals surface area contributed by atoms with Gasteiger partial charge in [0.25, 0.3) is 5.91 Å². The number of hydrogen-bond acceptors (Lipinski definition) is 6. The average Bonchev–Trinajstić information content (AvgIpc) is 3.33. The van der Waals surface area contributed by atoms with Crippen LogP contribution in [0.25, 0.3) is 11.3 Å². The highest BCUT2D eigenvalue weighted by Crippen LogP contribution is 2.31. The second kappa shape index (κ2) is 11.4. The number of hydrogen-bond donors (Lipinski definition) is 3. The van der Waals surface area contributed by atoms with Gasteiger partial charge in [0.05, 0.1) is 22.1 Å². The van der Waals surface area contributed by atoms with Crippen LogP contribution in [0.2, 0.25) is 5.02 Å². The Kier molecular flexibility index (Phi) is 8.04. The van der Waals surface area contributed by atoms with E-state index in [1.54, 1.807) is 49.4 Å². The zero-order chi connectivity index (χ0) is 25.7. The summed E-state index contributed by atoms with van der Waals surface area (Å²) in [7, 11) is 0. The van der Waals surface area contributed by atoms with E-state index in [9.17, 15) is 19.5 Å². The predicted octanol–water partition coefficient (Wildman–Crippen LogP) is 6.53. The normalized spacial score (nSPS) is 11.5. The number of halogens is 1. The first-order valence-corrected chi connectivity index (χ1v) is 12.9. The second-order valence-corrected chi connectivity index (χ2v) is 10.3. The first-order chi connectivity index (χ1) is 17.3. The van der Waals surface area contributed by atoms with Crippen molar-refractivity contribution in [1.82, 2.24) is 4.98 Å². The fourth-order valence-corrected chi connectivity index (χ4v) is 5.08. The minimum Gasteiger partial charge on any atom is -0.478 e. The van der Waals surface area contributed by atoms with Crippen molar-refractivity contribution in [1.29, 1.82) is 0 Å². The van der Waals surface area contributed by atoms with Crippen LogP contribution in [-0.2, 0) is 4.79 Å². The van der Waals surface area contributed by atoms with E-state index >= 15 is 0 Å². The van der Waals surface area contributed by atoms with E-state index < -0.39 is 17.1 Å². The molecule has 1 atom stereocenters. The van der Waals surface area contributed by atoms with Crippen molar-refractivity contribution in [2.45, 2.75) is 17.1 Å². The lowest BCUT2D eigenvalue weighted by atomic mass is 10.1. The molecule has 3 aromatic carbocycles. The Balaban J connectivity index is 1.34. The van der Waals surface area contributed by atoms with Gasteiger partial charge >= 0.3 is 5.97 Å². The van der Waals surface area contributed by atoms with Crippen molar-refractivity contribution in [3.63, 3.8) is 0 Å². The number of carbonyl (C=O) groups excluding carboxylic acids is 2. The van der Waals surface area contributed by atoms with E-state index in [4.69, 9.17) is 11.6 Å². The molecule has 3 N–H and O–H groups in total. The molecule has 36 heavy (non-hydrogen) atoms. The third kappa shape index (κ3) is 6.12. The Morgan fingerprint density at radius 2 is 1.61 bits per heavy atom. The van der Waals surface area contributed by atoms with Crippen LogP contribution in [-0.4, -0.2) is 33.1 Å². The van der Waals surface area contributed by atoms with E-state index in [-0.39, 0.29) is 17.0 Å². The molecule has 7 nitrogen and oxygen atoms in total. The molecule has 1 heterocycles. The van der Waals surface area contributed by atoms with Crippen LogP contribution in [0, 0.1) is 0 Å². The molecule has 0 saturated carbocycles. The monoisotopic (exact) mass is 537 g/mol. The molecule has 2 amide bonds. The maximum absolute atomic E-state index is 12.7. The molecule has 1 unspecified atom stereocenters. The molecule has 182 valence electrons. The molecule has 1 aromatic heterocycles. The highest BCUT2D eigenvalue weighted by atomic mass is 35.5. The second-order valence-electron chi connectivity index (χ2n) is 7.60. The van der Waals surface area contributed by atoms with Crippen LogP contribution in [0.1, 0.15) is 27.6 Å². The smallest absolute Gasteiger partial charge is 0.336 e. The summed E-state index contributed by atoms with van der Waals surface area (Å²) in [6.45, 7) is 1.79. The largest absolute Gasteiger partial charge is 0.478 e. The molecule has 10 heteroatoms. The van der Waals surface area contributed by atoms with Gasteiger partial charge < -0.3 is 15.7 Å². The summed E-state index contributed by atoms with van der Waals surface area (Å²) in [5, 5.41) is 17.3. The molecule has 0 aliphatic carbocycles. The quantitative estimate of drug-likeness (QED) is 0.220. The number of nitrogens with one attached hydrogen (secondary N) is 2. The van der Waals surface area contributed by atoms with Gasteiger partial charge in [-0.15, -0.1) is 23.1 Å². The summed E-state index contributed by atoms with van der Waals surface area (Å²) < 4.78 is 0. The summed E-state index contributed by atoms with van der Waals surface area (Å²) in [4.78, 5) is 41.9. The number of carboxylic acids is 1. The van der Waals surface area contributed by atoms with Gasteiger partial charge in [-0.1, -0.05) is 41.9 Å². The number of carboxylic acid groups (broad SMARTS) is 1. The Bertz CT molecular complexity index is 1420. The van der Waals surface area contributed by atoms with Crippen LogP contribution >= 0.6 is 34.7 Å². The lowest BCUT2D eigenvalue weighted by Crippen LogP contribution is -2.22. The number of thiazole rings is 1. The molecule has 4 aromatic rings. The summed E-state index contributed by atoms with van der Waals surface area (Å²) in [6, 6.07) is 20.4. The minimum absolute atomic E-state index is 0.0683. The van der Waals surface area contributed by atoms with E-state index in [0.717, 1.165) is 10.5 Å². The van der Waals surface area contributed by atoms with Gasteiger partial charge in [-0.2, -0.15) is 0 Å². The van der Waals surface area contributed by atoms with Crippen molar-refractivity contribution < 1.29 is 19.5 Å². The molecular weight excluding hydrogens is 518 g/mol. The van der Waals surface area contributed by atoms with Gasteiger partial charge in [0.1, 0.15) is 0 Å². The third-order valence-electron chi connectivity index (χ3n) is 5.08. The molecule has 0 spiro atoms. The van der Waals surface area contributed by atoms with Crippen molar-refractivity contribution in [2.75, 3.05) is 10.6 Å². The molecule has 0 saturated heterocycles. The van der Waals surface area contributed by atoms with Gasteiger partial charge in [0.2, 0.25) is 5.91 Å². The number of rotatable bonds is 8. The molecule has 0 aliphatic heterocycles. The van der Waals surface area contributed by atoms with Crippen LogP contribution in [0.4, 0.5) is 10.8 Å². The fourth-order valence-electron chi connectivity index (χ4n) is 3.27. The fraction of sp³-hybridized carbons (Fsp3) is 0.0769. The molecular formula is C26H20ClN3O4S2. The highest BCUT2D eigenvalue weighted by Gasteiger charge is 2.18. The van der Waals surface area contributed by atoms with E-state index in [1.165, 1.54) is 35.2 Å². The summed E-state index contributed by atoms with van der Waals surface area (Å²) >= 11 is 8.92. The SMILES string of the molecule is CC(Sc1ccc(NC(=O)c2ccccc2C(=O)O)cc1)C(=O)Nc1nc(-c2ccccc2Cl)cs1. The number of amides is 2. The first kappa shape index (κ1) is 25.4. The van der Waals surface area contributed by atoms with Crippen molar-refractivity contribution in [3.8, 4) is 11.3 Å². The standard InChI is InChI=1S/C26H20ClN3O4S2/c1-15(23(31)30-26-29-22(14-35-26)20-8-4-5-9-21(20)27)36-17-12-10-16(11-13-17)28-24(32)18-6-2-3-7-19(18)25(33)34/h2-15H,1H3,(H,28,32)(H,33,34)(H,29,30,31). The summed E-state index contributed by atoms with van der Waals surface area (Å²) in [5.41, 5.74) is 2.02. The maximum atomic E-state index is 12.7.